The van der Waals surface area contributed by atoms with Crippen LogP contribution >= 0.6 is 34.5 Å². The predicted molar refractivity (Wildman–Crippen MR) is 79.4 cm³/mol. The van der Waals surface area contributed by atoms with E-state index in [-0.39, 0.29) is 0 Å². The highest BCUT2D eigenvalue weighted by molar-refractivity contribution is 7.13. The highest BCUT2D eigenvalue weighted by atomic mass is 35.5. The van der Waals surface area contributed by atoms with Crippen molar-refractivity contribution in [2.45, 2.75) is 0 Å². The zero-order chi connectivity index (χ0) is 13.4. The Balaban J connectivity index is 2.17. The third kappa shape index (κ3) is 2.39. The number of halogens is 2. The van der Waals surface area contributed by atoms with Crippen LogP contribution < -0.4 is 4.74 Å². The molecular formula is C13H8Cl2N2OS. The first-order valence-corrected chi connectivity index (χ1v) is 7.06. The van der Waals surface area contributed by atoms with Crippen molar-refractivity contribution < 1.29 is 4.74 Å². The minimum absolute atomic E-state index is 0.398. The highest BCUT2D eigenvalue weighted by Gasteiger charge is 2.10. The van der Waals surface area contributed by atoms with E-state index in [0.717, 1.165) is 21.5 Å². The van der Waals surface area contributed by atoms with Gasteiger partial charge in [0.1, 0.15) is 10.9 Å². The summed E-state index contributed by atoms with van der Waals surface area (Å²) in [5, 5.41) is 3.67. The van der Waals surface area contributed by atoms with Gasteiger partial charge in [0.2, 0.25) is 0 Å². The van der Waals surface area contributed by atoms with Crippen molar-refractivity contribution in [3.05, 3.63) is 39.8 Å². The minimum atomic E-state index is 0.398. The van der Waals surface area contributed by atoms with Crippen molar-refractivity contribution in [3.8, 4) is 16.5 Å². The molecule has 0 bridgehead atoms. The maximum atomic E-state index is 6.19. The summed E-state index contributed by atoms with van der Waals surface area (Å²) in [5.41, 5.74) is 0.770. The SMILES string of the molecule is COc1csc(-c2nc(Cl)c3cc(Cl)ccc3n2)c1. The minimum Gasteiger partial charge on any atom is -0.496 e. The van der Waals surface area contributed by atoms with Crippen LogP contribution in [0.4, 0.5) is 0 Å². The van der Waals surface area contributed by atoms with Crippen molar-refractivity contribution in [3.63, 3.8) is 0 Å². The molecule has 3 nitrogen and oxygen atoms in total. The molecular weight excluding hydrogens is 303 g/mol. The van der Waals surface area contributed by atoms with Crippen molar-refractivity contribution in [1.82, 2.24) is 9.97 Å². The molecule has 3 rings (SSSR count). The molecule has 0 saturated carbocycles. The molecule has 0 amide bonds. The Hall–Kier alpha value is -1.36. The van der Waals surface area contributed by atoms with Crippen molar-refractivity contribution in [1.29, 1.82) is 0 Å². The number of rotatable bonds is 2. The van der Waals surface area contributed by atoms with Gasteiger partial charge < -0.3 is 4.74 Å². The molecule has 0 aliphatic carbocycles. The van der Waals surface area contributed by atoms with Gasteiger partial charge in [-0.2, -0.15) is 0 Å². The Morgan fingerprint density at radius 2 is 2.00 bits per heavy atom. The first kappa shape index (κ1) is 12.7. The Morgan fingerprint density at radius 3 is 2.74 bits per heavy atom. The summed E-state index contributed by atoms with van der Waals surface area (Å²) >= 11 is 13.6. The van der Waals surface area contributed by atoms with Gasteiger partial charge in [-0.15, -0.1) is 11.3 Å². The summed E-state index contributed by atoms with van der Waals surface area (Å²) in [6.07, 6.45) is 0. The predicted octanol–water partition coefficient (Wildman–Crippen LogP) is 4.67. The summed E-state index contributed by atoms with van der Waals surface area (Å²) in [6.45, 7) is 0. The standard InChI is InChI=1S/C13H8Cl2N2OS/c1-18-8-5-11(19-6-8)13-16-10-3-2-7(14)4-9(10)12(15)17-13/h2-6H,1H3. The zero-order valence-electron chi connectivity index (χ0n) is 9.85. The van der Waals surface area contributed by atoms with Crippen LogP contribution in [0.15, 0.2) is 29.6 Å². The number of hydrogen-bond acceptors (Lipinski definition) is 4. The first-order chi connectivity index (χ1) is 9.17. The topological polar surface area (TPSA) is 35.0 Å². The molecule has 1 aromatic carbocycles. The number of thiophene rings is 1. The Labute approximate surface area is 123 Å². The molecule has 0 atom stereocenters. The molecule has 0 spiro atoms. The van der Waals surface area contributed by atoms with Crippen LogP contribution in [0.25, 0.3) is 21.6 Å². The van der Waals surface area contributed by atoms with Gasteiger partial charge in [0.25, 0.3) is 0 Å². The zero-order valence-corrected chi connectivity index (χ0v) is 12.2. The highest BCUT2D eigenvalue weighted by Crippen LogP contribution is 2.32. The first-order valence-electron chi connectivity index (χ1n) is 5.43. The summed E-state index contributed by atoms with van der Waals surface area (Å²) in [6, 6.07) is 7.27. The van der Waals surface area contributed by atoms with E-state index in [1.165, 1.54) is 11.3 Å². The molecule has 2 aromatic heterocycles. The number of benzene rings is 1. The van der Waals surface area contributed by atoms with Crippen molar-refractivity contribution >= 4 is 45.4 Å². The molecule has 0 N–H and O–H groups in total. The van der Waals surface area contributed by atoms with Gasteiger partial charge in [-0.3, -0.25) is 0 Å². The normalized spacial score (nSPS) is 10.9. The van der Waals surface area contributed by atoms with Crippen LogP contribution in [0, 0.1) is 0 Å². The van der Waals surface area contributed by atoms with Crippen LogP contribution in [0.3, 0.4) is 0 Å². The van der Waals surface area contributed by atoms with Gasteiger partial charge in [-0.05, 0) is 18.2 Å². The third-order valence-corrected chi connectivity index (χ3v) is 4.07. The van der Waals surface area contributed by atoms with E-state index in [4.69, 9.17) is 27.9 Å². The second-order valence-corrected chi connectivity index (χ2v) is 5.56. The molecule has 0 radical (unpaired) electrons. The lowest BCUT2D eigenvalue weighted by Gasteiger charge is -2.03. The van der Waals surface area contributed by atoms with E-state index in [2.05, 4.69) is 9.97 Å². The number of aromatic nitrogens is 2. The van der Waals surface area contributed by atoms with E-state index in [0.29, 0.717) is 16.0 Å². The Bertz CT molecular complexity index is 757. The molecule has 19 heavy (non-hydrogen) atoms. The van der Waals surface area contributed by atoms with E-state index >= 15 is 0 Å². The second-order valence-electron chi connectivity index (χ2n) is 3.85. The molecule has 0 saturated heterocycles. The maximum absolute atomic E-state index is 6.19. The lowest BCUT2D eigenvalue weighted by atomic mass is 10.2. The average molecular weight is 311 g/mol. The van der Waals surface area contributed by atoms with E-state index in [1.54, 1.807) is 19.2 Å². The van der Waals surface area contributed by atoms with E-state index < -0.39 is 0 Å². The molecule has 3 aromatic rings. The van der Waals surface area contributed by atoms with Crippen LogP contribution in [-0.2, 0) is 0 Å². The average Bonchev–Trinajstić information content (AvgIpc) is 2.88. The lowest BCUT2D eigenvalue weighted by Crippen LogP contribution is -1.90. The van der Waals surface area contributed by atoms with Gasteiger partial charge in [0.15, 0.2) is 5.82 Å². The van der Waals surface area contributed by atoms with Gasteiger partial charge in [-0.1, -0.05) is 23.2 Å². The monoisotopic (exact) mass is 310 g/mol. The Morgan fingerprint density at radius 1 is 1.16 bits per heavy atom. The number of methoxy groups -OCH3 is 1. The van der Waals surface area contributed by atoms with Crippen LogP contribution in [-0.4, -0.2) is 17.1 Å². The third-order valence-electron chi connectivity index (χ3n) is 2.64. The number of nitrogens with zero attached hydrogens (tertiary/aromatic N) is 2. The van der Waals surface area contributed by atoms with Crippen LogP contribution in [0.2, 0.25) is 10.2 Å². The van der Waals surface area contributed by atoms with E-state index in [9.17, 15) is 0 Å². The van der Waals surface area contributed by atoms with Crippen molar-refractivity contribution in [2.75, 3.05) is 7.11 Å². The quantitative estimate of drug-likeness (QED) is 0.645. The molecule has 0 unspecified atom stereocenters. The maximum Gasteiger partial charge on any atom is 0.171 e. The fourth-order valence-corrected chi connectivity index (χ4v) is 2.91. The fourth-order valence-electron chi connectivity index (χ4n) is 1.72. The largest absolute Gasteiger partial charge is 0.496 e. The fraction of sp³-hybridized carbons (Fsp3) is 0.0769. The van der Waals surface area contributed by atoms with Crippen LogP contribution in [0.5, 0.6) is 5.75 Å². The number of ether oxygens (including phenoxy) is 1. The lowest BCUT2D eigenvalue weighted by molar-refractivity contribution is 0.417. The molecule has 6 heteroatoms. The molecule has 0 fully saturated rings. The van der Waals surface area contributed by atoms with Gasteiger partial charge in [0, 0.05) is 21.9 Å². The van der Waals surface area contributed by atoms with E-state index in [1.807, 2.05) is 17.5 Å². The number of fused-ring (bicyclic) bond motifs is 1. The summed E-state index contributed by atoms with van der Waals surface area (Å²) < 4.78 is 5.15. The smallest absolute Gasteiger partial charge is 0.171 e. The summed E-state index contributed by atoms with van der Waals surface area (Å²) in [4.78, 5) is 9.72. The molecule has 2 heterocycles. The Kier molecular flexibility index (Phi) is 3.31. The van der Waals surface area contributed by atoms with Crippen LogP contribution in [0.1, 0.15) is 0 Å². The molecule has 0 aliphatic heterocycles. The van der Waals surface area contributed by atoms with Gasteiger partial charge in [-0.25, -0.2) is 9.97 Å². The second kappa shape index (κ2) is 4.96. The van der Waals surface area contributed by atoms with Gasteiger partial charge in [0.05, 0.1) is 17.5 Å². The molecule has 96 valence electrons. The summed E-state index contributed by atoms with van der Waals surface area (Å²) in [5.74, 6) is 1.38. The number of hydrogen-bond donors (Lipinski definition) is 0. The van der Waals surface area contributed by atoms with Crippen molar-refractivity contribution in [2.24, 2.45) is 0 Å². The van der Waals surface area contributed by atoms with Gasteiger partial charge >= 0.3 is 0 Å². The summed E-state index contributed by atoms with van der Waals surface area (Å²) in [7, 11) is 1.63. The molecule has 0 aliphatic rings.